The fourth-order valence-corrected chi connectivity index (χ4v) is 2.53. The molecule has 20 heavy (non-hydrogen) atoms. The lowest BCUT2D eigenvalue weighted by atomic mass is 9.99. The number of amides is 1. The van der Waals surface area contributed by atoms with Crippen molar-refractivity contribution in [2.24, 2.45) is 5.92 Å². The summed E-state index contributed by atoms with van der Waals surface area (Å²) in [6, 6.07) is 9.65. The van der Waals surface area contributed by atoms with Crippen LogP contribution < -0.4 is 4.74 Å². The molecule has 1 fully saturated rings. The topological polar surface area (TPSA) is 49.8 Å². The van der Waals surface area contributed by atoms with Crippen LogP contribution in [-0.4, -0.2) is 42.2 Å². The third-order valence-corrected chi connectivity index (χ3v) is 3.68. The lowest BCUT2D eigenvalue weighted by Gasteiger charge is -2.31. The SMILES string of the molecule is O=C(CCCOc1ccccc1)N1CCCC(CO)C1. The molecule has 1 atom stereocenters. The molecule has 0 aromatic heterocycles. The summed E-state index contributed by atoms with van der Waals surface area (Å²) in [6.45, 7) is 2.28. The number of carbonyl (C=O) groups is 1. The molecule has 1 amide bonds. The summed E-state index contributed by atoms with van der Waals surface area (Å²) >= 11 is 0. The minimum atomic E-state index is 0.180. The number of likely N-dealkylation sites (tertiary alicyclic amines) is 1. The first kappa shape index (κ1) is 14.9. The lowest BCUT2D eigenvalue weighted by molar-refractivity contribution is -0.133. The second-order valence-corrected chi connectivity index (χ2v) is 5.30. The number of aliphatic hydroxyl groups excluding tert-OH is 1. The third kappa shape index (κ3) is 4.53. The molecule has 4 heteroatoms. The van der Waals surface area contributed by atoms with Crippen LogP contribution in [0.5, 0.6) is 5.75 Å². The molecule has 1 aliphatic heterocycles. The van der Waals surface area contributed by atoms with E-state index in [1.54, 1.807) is 0 Å². The van der Waals surface area contributed by atoms with Crippen molar-refractivity contribution in [3.8, 4) is 5.75 Å². The Bertz CT molecular complexity index is 407. The summed E-state index contributed by atoms with van der Waals surface area (Å²) in [6.07, 6.45) is 3.27. The second-order valence-electron chi connectivity index (χ2n) is 5.30. The largest absolute Gasteiger partial charge is 0.494 e. The van der Waals surface area contributed by atoms with Gasteiger partial charge < -0.3 is 14.7 Å². The van der Waals surface area contributed by atoms with E-state index in [9.17, 15) is 9.90 Å². The first-order valence-corrected chi connectivity index (χ1v) is 7.36. The average molecular weight is 277 g/mol. The fraction of sp³-hybridized carbons (Fsp3) is 0.562. The van der Waals surface area contributed by atoms with Crippen molar-refractivity contribution in [3.05, 3.63) is 30.3 Å². The van der Waals surface area contributed by atoms with Crippen molar-refractivity contribution in [2.75, 3.05) is 26.3 Å². The Balaban J connectivity index is 1.65. The molecule has 4 nitrogen and oxygen atoms in total. The first-order valence-electron chi connectivity index (χ1n) is 7.36. The molecule has 0 saturated carbocycles. The lowest BCUT2D eigenvalue weighted by Crippen LogP contribution is -2.40. The van der Waals surface area contributed by atoms with E-state index in [4.69, 9.17) is 4.74 Å². The number of carbonyl (C=O) groups excluding carboxylic acids is 1. The summed E-state index contributed by atoms with van der Waals surface area (Å²) in [5.41, 5.74) is 0. The van der Waals surface area contributed by atoms with E-state index in [0.29, 0.717) is 19.6 Å². The summed E-state index contributed by atoms with van der Waals surface area (Å²) in [7, 11) is 0. The van der Waals surface area contributed by atoms with Crippen LogP contribution in [0.2, 0.25) is 0 Å². The van der Waals surface area contributed by atoms with Crippen molar-refractivity contribution in [3.63, 3.8) is 0 Å². The van der Waals surface area contributed by atoms with Gasteiger partial charge >= 0.3 is 0 Å². The summed E-state index contributed by atoms with van der Waals surface area (Å²) < 4.78 is 5.58. The monoisotopic (exact) mass is 277 g/mol. The quantitative estimate of drug-likeness (QED) is 0.810. The van der Waals surface area contributed by atoms with E-state index in [-0.39, 0.29) is 18.4 Å². The molecule has 1 heterocycles. The molecular weight excluding hydrogens is 254 g/mol. The highest BCUT2D eigenvalue weighted by atomic mass is 16.5. The van der Waals surface area contributed by atoms with Crippen LogP contribution in [0.1, 0.15) is 25.7 Å². The average Bonchev–Trinajstić information content (AvgIpc) is 2.52. The molecule has 1 aliphatic rings. The highest BCUT2D eigenvalue weighted by Crippen LogP contribution is 2.17. The predicted molar refractivity (Wildman–Crippen MR) is 77.6 cm³/mol. The number of hydrogen-bond acceptors (Lipinski definition) is 3. The van der Waals surface area contributed by atoms with Gasteiger partial charge in [0, 0.05) is 26.1 Å². The van der Waals surface area contributed by atoms with Gasteiger partial charge in [0.05, 0.1) is 6.61 Å². The third-order valence-electron chi connectivity index (χ3n) is 3.68. The van der Waals surface area contributed by atoms with Crippen LogP contribution >= 0.6 is 0 Å². The van der Waals surface area contributed by atoms with Crippen LogP contribution in [0.15, 0.2) is 30.3 Å². The van der Waals surface area contributed by atoms with Crippen molar-refractivity contribution in [2.45, 2.75) is 25.7 Å². The molecule has 0 spiro atoms. The zero-order valence-corrected chi connectivity index (χ0v) is 11.8. The van der Waals surface area contributed by atoms with Crippen molar-refractivity contribution < 1.29 is 14.6 Å². The van der Waals surface area contributed by atoms with Gasteiger partial charge in [0.25, 0.3) is 0 Å². The van der Waals surface area contributed by atoms with Crippen LogP contribution in [0.25, 0.3) is 0 Å². The van der Waals surface area contributed by atoms with Gasteiger partial charge in [0.1, 0.15) is 5.75 Å². The number of rotatable bonds is 6. The van der Waals surface area contributed by atoms with E-state index in [1.807, 2.05) is 35.2 Å². The van der Waals surface area contributed by atoms with Gasteiger partial charge in [-0.1, -0.05) is 18.2 Å². The maximum atomic E-state index is 12.1. The fourth-order valence-electron chi connectivity index (χ4n) is 2.53. The minimum Gasteiger partial charge on any atom is -0.494 e. The van der Waals surface area contributed by atoms with Crippen LogP contribution in [0.3, 0.4) is 0 Å². The van der Waals surface area contributed by atoms with Gasteiger partial charge in [-0.25, -0.2) is 0 Å². The molecule has 0 aliphatic carbocycles. The highest BCUT2D eigenvalue weighted by molar-refractivity contribution is 5.76. The first-order chi connectivity index (χ1) is 9.79. The molecule has 0 radical (unpaired) electrons. The van der Waals surface area contributed by atoms with Gasteiger partial charge in [-0.15, -0.1) is 0 Å². The van der Waals surface area contributed by atoms with Crippen molar-refractivity contribution in [1.29, 1.82) is 0 Å². The Hall–Kier alpha value is -1.55. The summed E-state index contributed by atoms with van der Waals surface area (Å²) in [5, 5.41) is 9.17. The molecule has 110 valence electrons. The molecule has 1 saturated heterocycles. The van der Waals surface area contributed by atoms with Crippen LogP contribution in [0.4, 0.5) is 0 Å². The van der Waals surface area contributed by atoms with Gasteiger partial charge in [-0.2, -0.15) is 0 Å². The number of benzene rings is 1. The zero-order chi connectivity index (χ0) is 14.2. The second kappa shape index (κ2) is 7.90. The van der Waals surface area contributed by atoms with Gasteiger partial charge in [0.15, 0.2) is 0 Å². The van der Waals surface area contributed by atoms with E-state index in [1.165, 1.54) is 0 Å². The van der Waals surface area contributed by atoms with Gasteiger partial charge in [-0.3, -0.25) is 4.79 Å². The molecule has 1 unspecified atom stereocenters. The van der Waals surface area contributed by atoms with Crippen LogP contribution in [-0.2, 0) is 4.79 Å². The number of piperidine rings is 1. The van der Waals surface area contributed by atoms with E-state index in [0.717, 1.165) is 31.6 Å². The number of nitrogens with zero attached hydrogens (tertiary/aromatic N) is 1. The van der Waals surface area contributed by atoms with Crippen molar-refractivity contribution >= 4 is 5.91 Å². The molecular formula is C16H23NO3. The Morgan fingerprint density at radius 3 is 2.90 bits per heavy atom. The Morgan fingerprint density at radius 2 is 2.15 bits per heavy atom. The standard InChI is InChI=1S/C16H23NO3/c18-13-14-6-4-10-17(12-14)16(19)9-5-11-20-15-7-2-1-3-8-15/h1-3,7-8,14,18H,4-6,9-13H2. The summed E-state index contributed by atoms with van der Waals surface area (Å²) in [5.74, 6) is 1.28. The van der Waals surface area contributed by atoms with E-state index >= 15 is 0 Å². The highest BCUT2D eigenvalue weighted by Gasteiger charge is 2.22. The minimum absolute atomic E-state index is 0.180. The smallest absolute Gasteiger partial charge is 0.222 e. The van der Waals surface area contributed by atoms with Gasteiger partial charge in [0.2, 0.25) is 5.91 Å². The van der Waals surface area contributed by atoms with Gasteiger partial charge in [-0.05, 0) is 37.3 Å². The van der Waals surface area contributed by atoms with E-state index < -0.39 is 0 Å². The van der Waals surface area contributed by atoms with E-state index in [2.05, 4.69) is 0 Å². The maximum absolute atomic E-state index is 12.1. The number of ether oxygens (including phenoxy) is 1. The zero-order valence-electron chi connectivity index (χ0n) is 11.8. The maximum Gasteiger partial charge on any atom is 0.222 e. The summed E-state index contributed by atoms with van der Waals surface area (Å²) in [4.78, 5) is 13.9. The molecule has 0 bridgehead atoms. The molecule has 2 rings (SSSR count). The molecule has 1 N–H and O–H groups in total. The molecule has 1 aromatic carbocycles. The van der Waals surface area contributed by atoms with Crippen molar-refractivity contribution in [1.82, 2.24) is 4.90 Å². The predicted octanol–water partition coefficient (Wildman–Crippen LogP) is 2.08. The Labute approximate surface area is 120 Å². The van der Waals surface area contributed by atoms with Crippen LogP contribution in [0, 0.1) is 5.92 Å². The number of para-hydroxylation sites is 1. The molecule has 1 aromatic rings. The Kier molecular flexibility index (Phi) is 5.87. The Morgan fingerprint density at radius 1 is 1.35 bits per heavy atom. The number of hydrogen-bond donors (Lipinski definition) is 1. The number of aliphatic hydroxyl groups is 1. The normalized spacial score (nSPS) is 18.9.